The van der Waals surface area contributed by atoms with Crippen molar-refractivity contribution in [2.75, 3.05) is 0 Å². The van der Waals surface area contributed by atoms with Crippen LogP contribution in [0.25, 0.3) is 0 Å². The minimum atomic E-state index is 0.485. The molecule has 0 aliphatic rings. The molecule has 1 atom stereocenters. The van der Waals surface area contributed by atoms with Gasteiger partial charge in [-0.3, -0.25) is 0 Å². The molecule has 15 heavy (non-hydrogen) atoms. The Morgan fingerprint density at radius 2 is 1.13 bits per heavy atom. The maximum absolute atomic E-state index is 5.14. The molecule has 0 spiro atoms. The van der Waals surface area contributed by atoms with Gasteiger partial charge in [0, 0.05) is 5.25 Å². The predicted octanol–water partition coefficient (Wildman–Crippen LogP) is 5.88. The van der Waals surface area contributed by atoms with Gasteiger partial charge in [0.15, 0.2) is 0 Å². The molecular weight excluding hydrogens is 200 g/mol. The van der Waals surface area contributed by atoms with Gasteiger partial charge in [0.25, 0.3) is 0 Å². The van der Waals surface area contributed by atoms with Crippen molar-refractivity contribution < 1.29 is 0 Å². The Morgan fingerprint density at radius 3 is 1.53 bits per heavy atom. The van der Waals surface area contributed by atoms with Crippen LogP contribution in [0.1, 0.15) is 84.5 Å². The number of hydrogen-bond donors (Lipinski definition) is 0. The van der Waals surface area contributed by atoms with Gasteiger partial charge < -0.3 is 0 Å². The molecule has 0 saturated heterocycles. The highest BCUT2D eigenvalue weighted by Gasteiger charge is 1.95. The fraction of sp³-hybridized carbons (Fsp3) is 1.00. The summed E-state index contributed by atoms with van der Waals surface area (Å²) < 4.78 is 0. The van der Waals surface area contributed by atoms with Crippen LogP contribution in [0.3, 0.4) is 0 Å². The highest BCUT2D eigenvalue weighted by atomic mass is 32.1. The average molecular weight is 229 g/mol. The van der Waals surface area contributed by atoms with Crippen LogP contribution in [-0.4, -0.2) is 5.25 Å². The molecule has 0 saturated carbocycles. The molecule has 0 nitrogen and oxygen atoms in total. The summed E-state index contributed by atoms with van der Waals surface area (Å²) in [5.41, 5.74) is 0. The van der Waals surface area contributed by atoms with Gasteiger partial charge in [0.1, 0.15) is 0 Å². The van der Waals surface area contributed by atoms with Gasteiger partial charge in [-0.05, 0) is 6.42 Å². The van der Waals surface area contributed by atoms with Gasteiger partial charge >= 0.3 is 0 Å². The SMILES string of the molecule is CCCCCCCCCCCCC(C)[S]. The zero-order chi connectivity index (χ0) is 11.4. The van der Waals surface area contributed by atoms with Crippen molar-refractivity contribution in [1.82, 2.24) is 0 Å². The first-order valence-corrected chi connectivity index (χ1v) is 7.40. The lowest BCUT2D eigenvalue weighted by Crippen LogP contribution is -1.90. The quantitative estimate of drug-likeness (QED) is 0.388. The molecule has 0 bridgehead atoms. The van der Waals surface area contributed by atoms with E-state index in [9.17, 15) is 0 Å². The van der Waals surface area contributed by atoms with Crippen LogP contribution < -0.4 is 0 Å². The van der Waals surface area contributed by atoms with E-state index in [4.69, 9.17) is 12.6 Å². The Labute approximate surface area is 103 Å². The van der Waals surface area contributed by atoms with Crippen molar-refractivity contribution in [2.45, 2.75) is 89.7 Å². The summed E-state index contributed by atoms with van der Waals surface area (Å²) in [6.07, 6.45) is 15.5. The van der Waals surface area contributed by atoms with Gasteiger partial charge in [0.05, 0.1) is 0 Å². The van der Waals surface area contributed by atoms with Gasteiger partial charge in [-0.2, -0.15) is 0 Å². The second-order valence-corrected chi connectivity index (χ2v) is 5.59. The van der Waals surface area contributed by atoms with E-state index in [2.05, 4.69) is 13.8 Å². The van der Waals surface area contributed by atoms with Gasteiger partial charge in [-0.1, -0.05) is 90.7 Å². The van der Waals surface area contributed by atoms with Crippen LogP contribution in [0.5, 0.6) is 0 Å². The molecule has 0 aliphatic carbocycles. The molecule has 91 valence electrons. The predicted molar refractivity (Wildman–Crippen MR) is 73.5 cm³/mol. The van der Waals surface area contributed by atoms with E-state index in [1.807, 2.05) is 0 Å². The zero-order valence-electron chi connectivity index (χ0n) is 10.8. The Balaban J connectivity index is 2.87. The molecule has 1 heteroatoms. The van der Waals surface area contributed by atoms with Gasteiger partial charge in [0.2, 0.25) is 0 Å². The summed E-state index contributed by atoms with van der Waals surface area (Å²) in [7, 11) is 0. The topological polar surface area (TPSA) is 0 Å². The van der Waals surface area contributed by atoms with Crippen molar-refractivity contribution in [3.8, 4) is 0 Å². The third kappa shape index (κ3) is 14.4. The number of rotatable bonds is 11. The third-order valence-corrected chi connectivity index (χ3v) is 3.20. The third-order valence-electron chi connectivity index (χ3n) is 2.96. The van der Waals surface area contributed by atoms with Crippen molar-refractivity contribution in [3.63, 3.8) is 0 Å². The maximum atomic E-state index is 5.14. The number of unbranched alkanes of at least 4 members (excludes halogenated alkanes) is 9. The standard InChI is InChI=1S/C14H29S/c1-3-4-5-6-7-8-9-10-11-12-13-14(2)15/h14H,3-13H2,1-2H3. The summed E-state index contributed by atoms with van der Waals surface area (Å²) in [5, 5.41) is 0.485. The van der Waals surface area contributed by atoms with E-state index in [0.717, 1.165) is 0 Å². The Kier molecular flexibility index (Phi) is 12.7. The molecule has 0 amide bonds. The second-order valence-electron chi connectivity index (χ2n) is 4.78. The average Bonchev–Trinajstić information content (AvgIpc) is 2.20. The number of hydrogen-bond acceptors (Lipinski definition) is 0. The molecule has 0 aromatic heterocycles. The Hall–Kier alpha value is 0.350. The van der Waals surface area contributed by atoms with Crippen LogP contribution in [0.15, 0.2) is 0 Å². The lowest BCUT2D eigenvalue weighted by molar-refractivity contribution is 0.549. The first-order valence-electron chi connectivity index (χ1n) is 6.93. The summed E-state index contributed by atoms with van der Waals surface area (Å²) >= 11 is 5.14. The van der Waals surface area contributed by atoms with Crippen LogP contribution in [0.4, 0.5) is 0 Å². The summed E-state index contributed by atoms with van der Waals surface area (Å²) in [6, 6.07) is 0. The van der Waals surface area contributed by atoms with Crippen molar-refractivity contribution >= 4 is 12.6 Å². The first kappa shape index (κ1) is 15.3. The van der Waals surface area contributed by atoms with Crippen LogP contribution >= 0.6 is 12.6 Å². The van der Waals surface area contributed by atoms with Crippen molar-refractivity contribution in [2.24, 2.45) is 0 Å². The molecule has 0 N–H and O–H groups in total. The maximum Gasteiger partial charge on any atom is 0.0123 e. The van der Waals surface area contributed by atoms with Crippen LogP contribution in [-0.2, 0) is 0 Å². The Morgan fingerprint density at radius 1 is 0.733 bits per heavy atom. The zero-order valence-corrected chi connectivity index (χ0v) is 11.6. The van der Waals surface area contributed by atoms with E-state index in [1.54, 1.807) is 0 Å². The fourth-order valence-electron chi connectivity index (χ4n) is 1.92. The summed E-state index contributed by atoms with van der Waals surface area (Å²) in [5.74, 6) is 0. The lowest BCUT2D eigenvalue weighted by atomic mass is 10.1. The summed E-state index contributed by atoms with van der Waals surface area (Å²) in [6.45, 7) is 4.42. The van der Waals surface area contributed by atoms with Crippen LogP contribution in [0.2, 0.25) is 0 Å². The molecular formula is C14H29S. The molecule has 0 heterocycles. The molecule has 0 aliphatic heterocycles. The molecule has 0 aromatic rings. The summed E-state index contributed by atoms with van der Waals surface area (Å²) in [4.78, 5) is 0. The minimum Gasteiger partial charge on any atom is -0.0907 e. The molecule has 1 unspecified atom stereocenters. The smallest absolute Gasteiger partial charge is 0.0123 e. The molecule has 1 radical (unpaired) electrons. The molecule has 0 aromatic carbocycles. The Bertz CT molecular complexity index is 110. The minimum absolute atomic E-state index is 0.485. The second kappa shape index (κ2) is 12.4. The normalized spacial score (nSPS) is 13.0. The largest absolute Gasteiger partial charge is 0.0907 e. The van der Waals surface area contributed by atoms with Crippen molar-refractivity contribution in [1.29, 1.82) is 0 Å². The van der Waals surface area contributed by atoms with E-state index >= 15 is 0 Å². The van der Waals surface area contributed by atoms with Crippen LogP contribution in [0, 0.1) is 0 Å². The van der Waals surface area contributed by atoms with Crippen molar-refractivity contribution in [3.05, 3.63) is 0 Å². The van der Waals surface area contributed by atoms with Gasteiger partial charge in [-0.25, -0.2) is 0 Å². The molecule has 0 fully saturated rings. The monoisotopic (exact) mass is 229 g/mol. The van der Waals surface area contributed by atoms with Gasteiger partial charge in [-0.15, -0.1) is 0 Å². The molecule has 0 rings (SSSR count). The highest BCUT2D eigenvalue weighted by Crippen LogP contribution is 2.12. The first-order chi connectivity index (χ1) is 7.27. The fourth-order valence-corrected chi connectivity index (χ4v) is 2.09. The van der Waals surface area contributed by atoms with E-state index < -0.39 is 0 Å². The van der Waals surface area contributed by atoms with E-state index in [-0.39, 0.29) is 0 Å². The van der Waals surface area contributed by atoms with E-state index in [0.29, 0.717) is 5.25 Å². The van der Waals surface area contributed by atoms with E-state index in [1.165, 1.54) is 70.6 Å². The highest BCUT2D eigenvalue weighted by molar-refractivity contribution is 7.80. The lowest BCUT2D eigenvalue weighted by Gasteiger charge is -2.03.